The second-order valence-electron chi connectivity index (χ2n) is 6.80. The SMILES string of the molecule is CSc1ccc(C(=O)COC(=O)CCNC(=O)c2n[nH]c3ccccc23)cc1NC(C)=O. The number of amides is 2. The number of benzene rings is 2. The van der Waals surface area contributed by atoms with Gasteiger partial charge in [0.05, 0.1) is 17.6 Å². The lowest BCUT2D eigenvalue weighted by molar-refractivity contribution is -0.142. The van der Waals surface area contributed by atoms with Crippen LogP contribution in [0.25, 0.3) is 10.9 Å². The molecule has 1 heterocycles. The molecule has 3 rings (SSSR count). The highest BCUT2D eigenvalue weighted by Gasteiger charge is 2.15. The maximum absolute atomic E-state index is 12.4. The predicted octanol–water partition coefficient (Wildman–Crippen LogP) is 2.79. The molecule has 0 bridgehead atoms. The summed E-state index contributed by atoms with van der Waals surface area (Å²) in [5.74, 6) is -1.68. The average Bonchev–Trinajstić information content (AvgIpc) is 3.21. The van der Waals surface area contributed by atoms with Crippen LogP contribution in [0.2, 0.25) is 0 Å². The van der Waals surface area contributed by atoms with E-state index >= 15 is 0 Å². The van der Waals surface area contributed by atoms with Gasteiger partial charge in [-0.1, -0.05) is 24.3 Å². The highest BCUT2D eigenvalue weighted by molar-refractivity contribution is 7.98. The fourth-order valence-electron chi connectivity index (χ4n) is 2.97. The summed E-state index contributed by atoms with van der Waals surface area (Å²) in [6.45, 7) is 0.991. The standard InChI is InChI=1S/C22H22N4O5S/c1-13(27)24-17-11-14(7-8-19(17)32-2)18(28)12-31-20(29)9-10-23-22(30)21-15-5-3-4-6-16(15)25-26-21/h3-8,11H,9-10,12H2,1-2H3,(H,23,30)(H,24,27)(H,25,26). The lowest BCUT2D eigenvalue weighted by atomic mass is 10.1. The Morgan fingerprint density at radius 2 is 1.91 bits per heavy atom. The van der Waals surface area contributed by atoms with Crippen LogP contribution >= 0.6 is 11.8 Å². The molecule has 0 saturated heterocycles. The van der Waals surface area contributed by atoms with Crippen molar-refractivity contribution in [3.63, 3.8) is 0 Å². The van der Waals surface area contributed by atoms with Crippen LogP contribution in [0.4, 0.5) is 5.69 Å². The molecule has 0 radical (unpaired) electrons. The number of hydrogen-bond acceptors (Lipinski definition) is 7. The minimum Gasteiger partial charge on any atom is -0.457 e. The molecule has 3 N–H and O–H groups in total. The average molecular weight is 455 g/mol. The van der Waals surface area contributed by atoms with Gasteiger partial charge in [0.25, 0.3) is 5.91 Å². The van der Waals surface area contributed by atoms with Crippen LogP contribution in [-0.4, -0.2) is 53.2 Å². The Hall–Kier alpha value is -3.66. The van der Waals surface area contributed by atoms with E-state index in [2.05, 4.69) is 20.8 Å². The van der Waals surface area contributed by atoms with Gasteiger partial charge in [0.15, 0.2) is 18.1 Å². The van der Waals surface area contributed by atoms with Gasteiger partial charge in [0, 0.05) is 29.3 Å². The number of hydrogen-bond donors (Lipinski definition) is 3. The summed E-state index contributed by atoms with van der Waals surface area (Å²) in [4.78, 5) is 48.8. The Morgan fingerprint density at radius 1 is 1.12 bits per heavy atom. The van der Waals surface area contributed by atoms with E-state index in [1.165, 1.54) is 18.7 Å². The van der Waals surface area contributed by atoms with Crippen molar-refractivity contribution in [3.05, 3.63) is 53.7 Å². The van der Waals surface area contributed by atoms with Gasteiger partial charge >= 0.3 is 5.97 Å². The molecular formula is C22H22N4O5S. The highest BCUT2D eigenvalue weighted by Crippen LogP contribution is 2.26. The zero-order valence-electron chi connectivity index (χ0n) is 17.6. The van der Waals surface area contributed by atoms with Crippen molar-refractivity contribution in [3.8, 4) is 0 Å². The third-order valence-electron chi connectivity index (χ3n) is 4.50. The van der Waals surface area contributed by atoms with E-state index in [1.807, 2.05) is 12.3 Å². The van der Waals surface area contributed by atoms with Gasteiger partial charge in [0.2, 0.25) is 5.91 Å². The fraction of sp³-hybridized carbons (Fsp3) is 0.227. The maximum atomic E-state index is 12.4. The Bertz CT molecular complexity index is 1170. The summed E-state index contributed by atoms with van der Waals surface area (Å²) in [6.07, 6.45) is 1.77. The summed E-state index contributed by atoms with van der Waals surface area (Å²) in [6, 6.07) is 12.1. The maximum Gasteiger partial charge on any atom is 0.308 e. The van der Waals surface area contributed by atoms with E-state index in [0.717, 1.165) is 10.4 Å². The number of ketones is 1. The van der Waals surface area contributed by atoms with Crippen LogP contribution in [0.15, 0.2) is 47.4 Å². The topological polar surface area (TPSA) is 130 Å². The number of esters is 1. The quantitative estimate of drug-likeness (QED) is 0.257. The van der Waals surface area contributed by atoms with Crippen molar-refractivity contribution in [1.29, 1.82) is 0 Å². The molecule has 2 amide bonds. The number of aromatic amines is 1. The minimum atomic E-state index is -0.617. The molecular weight excluding hydrogens is 432 g/mol. The van der Waals surface area contributed by atoms with Crippen molar-refractivity contribution < 1.29 is 23.9 Å². The van der Waals surface area contributed by atoms with Gasteiger partial charge in [-0.15, -0.1) is 11.8 Å². The number of nitrogens with zero attached hydrogens (tertiary/aromatic N) is 1. The molecule has 1 aromatic heterocycles. The van der Waals surface area contributed by atoms with Crippen molar-refractivity contribution in [1.82, 2.24) is 15.5 Å². The molecule has 0 atom stereocenters. The monoisotopic (exact) mass is 454 g/mol. The summed E-state index contributed by atoms with van der Waals surface area (Å²) in [5.41, 5.74) is 1.82. The number of anilines is 1. The van der Waals surface area contributed by atoms with Crippen LogP contribution in [-0.2, 0) is 14.3 Å². The number of fused-ring (bicyclic) bond motifs is 1. The number of carbonyl (C=O) groups is 4. The molecule has 32 heavy (non-hydrogen) atoms. The molecule has 166 valence electrons. The first kappa shape index (κ1) is 23.0. The van der Waals surface area contributed by atoms with Crippen LogP contribution < -0.4 is 10.6 Å². The number of ether oxygens (including phenoxy) is 1. The lowest BCUT2D eigenvalue weighted by Gasteiger charge is -2.10. The minimum absolute atomic E-state index is 0.0438. The van der Waals surface area contributed by atoms with E-state index in [9.17, 15) is 19.2 Å². The van der Waals surface area contributed by atoms with Gasteiger partial charge in [0.1, 0.15) is 0 Å². The van der Waals surface area contributed by atoms with Gasteiger partial charge in [-0.25, -0.2) is 0 Å². The molecule has 3 aromatic rings. The van der Waals surface area contributed by atoms with E-state index in [-0.39, 0.29) is 24.6 Å². The van der Waals surface area contributed by atoms with Crippen molar-refractivity contribution in [2.24, 2.45) is 0 Å². The van der Waals surface area contributed by atoms with Gasteiger partial charge in [-0.3, -0.25) is 24.3 Å². The van der Waals surface area contributed by atoms with Gasteiger partial charge < -0.3 is 15.4 Å². The largest absolute Gasteiger partial charge is 0.457 e. The van der Waals surface area contributed by atoms with E-state index in [0.29, 0.717) is 16.6 Å². The molecule has 2 aromatic carbocycles. The zero-order valence-corrected chi connectivity index (χ0v) is 18.4. The molecule has 0 aliphatic carbocycles. The van der Waals surface area contributed by atoms with Crippen LogP contribution in [0.3, 0.4) is 0 Å². The molecule has 0 aliphatic heterocycles. The predicted molar refractivity (Wildman–Crippen MR) is 121 cm³/mol. The number of thioether (sulfide) groups is 1. The number of H-pyrrole nitrogens is 1. The molecule has 0 unspecified atom stereocenters. The third-order valence-corrected chi connectivity index (χ3v) is 5.29. The Balaban J connectivity index is 1.48. The molecule has 0 aliphatic rings. The Labute approximate surface area is 188 Å². The number of para-hydroxylation sites is 1. The highest BCUT2D eigenvalue weighted by atomic mass is 32.2. The van der Waals surface area contributed by atoms with Crippen molar-refractivity contribution >= 4 is 51.9 Å². The third kappa shape index (κ3) is 5.73. The number of carbonyl (C=O) groups excluding carboxylic acids is 4. The van der Waals surface area contributed by atoms with Gasteiger partial charge in [-0.05, 0) is 24.5 Å². The number of rotatable bonds is 9. The van der Waals surface area contributed by atoms with E-state index in [1.54, 1.807) is 36.4 Å². The zero-order chi connectivity index (χ0) is 23.1. The first-order valence-electron chi connectivity index (χ1n) is 9.74. The second-order valence-corrected chi connectivity index (χ2v) is 7.65. The second kappa shape index (κ2) is 10.6. The van der Waals surface area contributed by atoms with Crippen molar-refractivity contribution in [2.75, 3.05) is 24.7 Å². The Kier molecular flexibility index (Phi) is 7.61. The number of aromatic nitrogens is 2. The smallest absolute Gasteiger partial charge is 0.308 e. The summed E-state index contributed by atoms with van der Waals surface area (Å²) >= 11 is 1.43. The molecule has 0 saturated carbocycles. The molecule has 9 nitrogen and oxygen atoms in total. The van der Waals surface area contributed by atoms with E-state index in [4.69, 9.17) is 4.74 Å². The van der Waals surface area contributed by atoms with Crippen LogP contribution in [0.1, 0.15) is 34.2 Å². The first-order valence-corrected chi connectivity index (χ1v) is 11.0. The Morgan fingerprint density at radius 3 is 2.66 bits per heavy atom. The number of Topliss-reactive ketones (excluding diaryl/α,β-unsaturated/α-hetero) is 1. The molecule has 0 fully saturated rings. The molecule has 0 spiro atoms. The fourth-order valence-corrected chi connectivity index (χ4v) is 3.50. The summed E-state index contributed by atoms with van der Waals surface area (Å²) < 4.78 is 5.02. The molecule has 10 heteroatoms. The van der Waals surface area contributed by atoms with Gasteiger partial charge in [-0.2, -0.15) is 5.10 Å². The first-order chi connectivity index (χ1) is 15.4. The summed E-state index contributed by atoms with van der Waals surface area (Å²) in [5, 5.41) is 12.8. The van der Waals surface area contributed by atoms with E-state index < -0.39 is 24.3 Å². The summed E-state index contributed by atoms with van der Waals surface area (Å²) in [7, 11) is 0. The number of nitrogens with one attached hydrogen (secondary N) is 3. The van der Waals surface area contributed by atoms with Crippen LogP contribution in [0.5, 0.6) is 0 Å². The van der Waals surface area contributed by atoms with Crippen LogP contribution in [0, 0.1) is 0 Å². The normalized spacial score (nSPS) is 10.6. The lowest BCUT2D eigenvalue weighted by Crippen LogP contribution is -2.27. The van der Waals surface area contributed by atoms with Crippen molar-refractivity contribution in [2.45, 2.75) is 18.2 Å².